The quantitative estimate of drug-likeness (QED) is 0.534. The van der Waals surface area contributed by atoms with Crippen LogP contribution in [0, 0.1) is 0 Å². The van der Waals surface area contributed by atoms with Crippen molar-refractivity contribution in [1.29, 1.82) is 0 Å². The van der Waals surface area contributed by atoms with Crippen molar-refractivity contribution >= 4 is 40.8 Å². The molecule has 0 spiro atoms. The smallest absolute Gasteiger partial charge is 0.269 e. The number of amides is 1. The van der Waals surface area contributed by atoms with Gasteiger partial charge in [-0.3, -0.25) is 14.7 Å². The lowest BCUT2D eigenvalue weighted by Crippen LogP contribution is -2.28. The number of carbonyl (C=O) groups excluding carboxylic acids is 2. The van der Waals surface area contributed by atoms with Gasteiger partial charge >= 0.3 is 0 Å². The molecule has 0 aliphatic carbocycles. The molecule has 8 heteroatoms. The average Bonchev–Trinajstić information content (AvgIpc) is 2.83. The predicted octanol–water partition coefficient (Wildman–Crippen LogP) is 3.71. The lowest BCUT2D eigenvalue weighted by Gasteiger charge is -2.27. The highest BCUT2D eigenvalue weighted by Gasteiger charge is 2.19. The van der Waals surface area contributed by atoms with Crippen LogP contribution in [0.25, 0.3) is 11.6 Å². The molecule has 0 saturated carbocycles. The first-order valence-electron chi connectivity index (χ1n) is 10.5. The van der Waals surface area contributed by atoms with Crippen LogP contribution in [0.5, 0.6) is 0 Å². The number of aromatic nitrogens is 2. The molecule has 2 aliphatic heterocycles. The summed E-state index contributed by atoms with van der Waals surface area (Å²) in [6, 6.07) is 5.59. The SMILES string of the molecule is CCC1=Cc2ncc(CN3CC=C(c4ccc(C(=O)NC)nc4Cl)CC3)cc2NC1=C=O. The summed E-state index contributed by atoms with van der Waals surface area (Å²) in [4.78, 5) is 34.1. The van der Waals surface area contributed by atoms with Gasteiger partial charge in [-0.2, -0.15) is 0 Å². The molecule has 4 heterocycles. The Hall–Kier alpha value is -3.25. The number of hydrogen-bond donors (Lipinski definition) is 2. The molecule has 0 atom stereocenters. The molecule has 0 bridgehead atoms. The zero-order chi connectivity index (χ0) is 22.7. The zero-order valence-corrected chi connectivity index (χ0v) is 18.8. The van der Waals surface area contributed by atoms with E-state index in [0.717, 1.165) is 66.1 Å². The summed E-state index contributed by atoms with van der Waals surface area (Å²) in [5.41, 5.74) is 6.45. The fraction of sp³-hybridized carbons (Fsp3) is 0.292. The Bertz CT molecular complexity index is 1180. The average molecular weight is 450 g/mol. The lowest BCUT2D eigenvalue weighted by molar-refractivity contribution is 0.0958. The van der Waals surface area contributed by atoms with Gasteiger partial charge in [0, 0.05) is 38.4 Å². The highest BCUT2D eigenvalue weighted by atomic mass is 35.5. The van der Waals surface area contributed by atoms with Crippen LogP contribution in [0.2, 0.25) is 5.15 Å². The molecule has 2 aliphatic rings. The number of anilines is 1. The second-order valence-electron chi connectivity index (χ2n) is 7.73. The van der Waals surface area contributed by atoms with Crippen LogP contribution in [0.4, 0.5) is 5.69 Å². The molecule has 2 aromatic heterocycles. The summed E-state index contributed by atoms with van der Waals surface area (Å²) in [6.07, 6.45) is 7.56. The molecule has 32 heavy (non-hydrogen) atoms. The number of allylic oxidation sites excluding steroid dienone is 1. The number of hydrogen-bond acceptors (Lipinski definition) is 6. The van der Waals surface area contributed by atoms with Gasteiger partial charge in [-0.25, -0.2) is 9.78 Å². The zero-order valence-electron chi connectivity index (χ0n) is 18.0. The minimum atomic E-state index is -0.257. The van der Waals surface area contributed by atoms with Crippen molar-refractivity contribution < 1.29 is 9.59 Å². The number of rotatable bonds is 5. The van der Waals surface area contributed by atoms with Crippen molar-refractivity contribution in [2.45, 2.75) is 26.3 Å². The Kier molecular flexibility index (Phi) is 6.51. The number of nitrogens with one attached hydrogen (secondary N) is 2. The summed E-state index contributed by atoms with van der Waals surface area (Å²) in [7, 11) is 1.56. The summed E-state index contributed by atoms with van der Waals surface area (Å²) >= 11 is 6.35. The molecular weight excluding hydrogens is 426 g/mol. The number of fused-ring (bicyclic) bond motifs is 1. The molecule has 7 nitrogen and oxygen atoms in total. The van der Waals surface area contributed by atoms with E-state index in [1.807, 2.05) is 37.3 Å². The van der Waals surface area contributed by atoms with Crippen LogP contribution < -0.4 is 10.6 Å². The Balaban J connectivity index is 1.45. The highest BCUT2D eigenvalue weighted by Crippen LogP contribution is 2.31. The monoisotopic (exact) mass is 449 g/mol. The number of carbonyl (C=O) groups is 1. The molecule has 0 radical (unpaired) electrons. The van der Waals surface area contributed by atoms with Crippen molar-refractivity contribution in [3.63, 3.8) is 0 Å². The van der Waals surface area contributed by atoms with E-state index in [9.17, 15) is 9.59 Å². The summed E-state index contributed by atoms with van der Waals surface area (Å²) < 4.78 is 0. The molecule has 0 aromatic carbocycles. The van der Waals surface area contributed by atoms with Crippen molar-refractivity contribution in [3.05, 3.63) is 69.4 Å². The molecule has 0 saturated heterocycles. The maximum absolute atomic E-state index is 11.7. The molecular formula is C24H24ClN5O2. The van der Waals surface area contributed by atoms with E-state index in [2.05, 4.69) is 31.6 Å². The predicted molar refractivity (Wildman–Crippen MR) is 126 cm³/mol. The topological polar surface area (TPSA) is 87.2 Å². The third kappa shape index (κ3) is 4.50. The molecule has 0 unspecified atom stereocenters. The lowest BCUT2D eigenvalue weighted by atomic mass is 10.00. The maximum atomic E-state index is 11.7. The Morgan fingerprint density at radius 1 is 1.38 bits per heavy atom. The maximum Gasteiger partial charge on any atom is 0.269 e. The fourth-order valence-corrected chi connectivity index (χ4v) is 4.20. The van der Waals surface area contributed by atoms with E-state index >= 15 is 0 Å². The minimum absolute atomic E-state index is 0.257. The van der Waals surface area contributed by atoms with Crippen molar-refractivity contribution in [3.8, 4) is 0 Å². The van der Waals surface area contributed by atoms with Crippen LogP contribution >= 0.6 is 11.6 Å². The van der Waals surface area contributed by atoms with Crippen molar-refractivity contribution in [2.24, 2.45) is 0 Å². The van der Waals surface area contributed by atoms with E-state index in [1.54, 1.807) is 13.1 Å². The summed E-state index contributed by atoms with van der Waals surface area (Å²) in [6.45, 7) is 4.38. The van der Waals surface area contributed by atoms with Crippen molar-refractivity contribution in [2.75, 3.05) is 25.5 Å². The van der Waals surface area contributed by atoms with Crippen LogP contribution in [0.1, 0.15) is 47.1 Å². The van der Waals surface area contributed by atoms with Crippen LogP contribution in [0.15, 0.2) is 41.7 Å². The summed E-state index contributed by atoms with van der Waals surface area (Å²) in [5.74, 6) is 1.73. The number of halogens is 1. The standard InChI is InChI=1S/C24H24ClN5O2/c1-3-16-11-20-21(28-22(16)14-31)10-15(12-27-20)13-30-8-6-17(7-9-30)18-4-5-19(24(32)26-2)29-23(18)25/h4-6,10-12,28H,3,7-9,13H2,1-2H3,(H,26,32). The van der Waals surface area contributed by atoms with Gasteiger partial charge in [0.2, 0.25) is 0 Å². The first kappa shape index (κ1) is 22.0. The van der Waals surface area contributed by atoms with Gasteiger partial charge in [-0.05, 0) is 53.8 Å². The van der Waals surface area contributed by atoms with E-state index in [-0.39, 0.29) is 5.91 Å². The van der Waals surface area contributed by atoms with Gasteiger partial charge in [-0.1, -0.05) is 24.6 Å². The largest absolute Gasteiger partial charge is 0.354 e. The first-order valence-corrected chi connectivity index (χ1v) is 10.9. The van der Waals surface area contributed by atoms with Crippen LogP contribution in [-0.4, -0.2) is 46.9 Å². The highest BCUT2D eigenvalue weighted by molar-refractivity contribution is 6.31. The van der Waals surface area contributed by atoms with Crippen molar-refractivity contribution in [1.82, 2.24) is 20.2 Å². The normalized spacial score (nSPS) is 15.8. The Morgan fingerprint density at radius 2 is 2.22 bits per heavy atom. The minimum Gasteiger partial charge on any atom is -0.354 e. The van der Waals surface area contributed by atoms with Gasteiger partial charge in [-0.15, -0.1) is 0 Å². The van der Waals surface area contributed by atoms with Gasteiger partial charge in [0.1, 0.15) is 16.5 Å². The second-order valence-corrected chi connectivity index (χ2v) is 8.09. The van der Waals surface area contributed by atoms with Crippen LogP contribution in [0.3, 0.4) is 0 Å². The molecule has 4 rings (SSSR count). The van der Waals surface area contributed by atoms with E-state index in [0.29, 0.717) is 16.5 Å². The van der Waals surface area contributed by atoms with Crippen LogP contribution in [-0.2, 0) is 11.3 Å². The molecule has 2 aromatic rings. The molecule has 1 amide bonds. The van der Waals surface area contributed by atoms with Gasteiger partial charge < -0.3 is 10.6 Å². The molecule has 2 N–H and O–H groups in total. The van der Waals surface area contributed by atoms with E-state index in [4.69, 9.17) is 11.6 Å². The third-order valence-electron chi connectivity index (χ3n) is 5.70. The summed E-state index contributed by atoms with van der Waals surface area (Å²) in [5, 5.41) is 6.05. The van der Waals surface area contributed by atoms with E-state index in [1.165, 1.54) is 0 Å². The van der Waals surface area contributed by atoms with Gasteiger partial charge in [0.15, 0.2) is 5.94 Å². The molecule has 0 fully saturated rings. The Labute approximate surface area is 191 Å². The Morgan fingerprint density at radius 3 is 2.88 bits per heavy atom. The number of pyridine rings is 2. The van der Waals surface area contributed by atoms with Gasteiger partial charge in [0.05, 0.1) is 11.4 Å². The first-order chi connectivity index (χ1) is 15.5. The third-order valence-corrected chi connectivity index (χ3v) is 5.99. The second kappa shape index (κ2) is 9.49. The number of nitrogens with zero attached hydrogens (tertiary/aromatic N) is 3. The molecule has 164 valence electrons. The fourth-order valence-electron chi connectivity index (χ4n) is 3.93. The van der Waals surface area contributed by atoms with Gasteiger partial charge in [0.25, 0.3) is 5.91 Å². The van der Waals surface area contributed by atoms with E-state index < -0.39 is 0 Å².